The molecular formula is C13H15ClN2O3. The van der Waals surface area contributed by atoms with Crippen molar-refractivity contribution >= 4 is 28.6 Å². The number of rotatable bonds is 4. The van der Waals surface area contributed by atoms with Crippen LogP contribution >= 0.6 is 11.6 Å². The molecule has 1 atom stereocenters. The van der Waals surface area contributed by atoms with E-state index < -0.39 is 5.76 Å². The van der Waals surface area contributed by atoms with E-state index in [9.17, 15) is 9.59 Å². The van der Waals surface area contributed by atoms with Crippen molar-refractivity contribution in [3.05, 3.63) is 33.8 Å². The second-order valence-corrected chi connectivity index (χ2v) is 4.88. The van der Waals surface area contributed by atoms with Gasteiger partial charge < -0.3 is 9.73 Å². The van der Waals surface area contributed by atoms with Crippen molar-refractivity contribution in [2.24, 2.45) is 0 Å². The molecule has 0 saturated heterocycles. The average Bonchev–Trinajstić information content (AvgIpc) is 2.64. The second-order valence-electron chi connectivity index (χ2n) is 4.44. The van der Waals surface area contributed by atoms with Crippen molar-refractivity contribution in [2.45, 2.75) is 32.9 Å². The third-order valence-electron chi connectivity index (χ3n) is 2.95. The van der Waals surface area contributed by atoms with Gasteiger partial charge in [0, 0.05) is 17.1 Å². The van der Waals surface area contributed by atoms with Crippen molar-refractivity contribution in [1.29, 1.82) is 0 Å². The first-order valence-corrected chi connectivity index (χ1v) is 6.47. The standard InChI is InChI=1S/C13H15ClN2O3/c1-3-8(2)15-12(17)7-16-10-5-4-9(14)6-11(10)19-13(16)18/h4-6,8H,3,7H2,1-2H3,(H,15,17). The van der Waals surface area contributed by atoms with Gasteiger partial charge in [-0.3, -0.25) is 9.36 Å². The number of hydrogen-bond acceptors (Lipinski definition) is 3. The van der Waals surface area contributed by atoms with E-state index in [4.69, 9.17) is 16.0 Å². The Morgan fingerprint density at radius 2 is 2.26 bits per heavy atom. The molecule has 0 radical (unpaired) electrons. The molecule has 102 valence electrons. The quantitative estimate of drug-likeness (QED) is 0.935. The number of oxazole rings is 1. The maximum Gasteiger partial charge on any atom is 0.420 e. The molecule has 0 bridgehead atoms. The van der Waals surface area contributed by atoms with E-state index in [2.05, 4.69) is 5.32 Å². The van der Waals surface area contributed by atoms with Gasteiger partial charge >= 0.3 is 5.76 Å². The number of halogens is 1. The molecule has 5 nitrogen and oxygen atoms in total. The summed E-state index contributed by atoms with van der Waals surface area (Å²) in [4.78, 5) is 23.5. The fourth-order valence-electron chi connectivity index (χ4n) is 1.76. The molecular weight excluding hydrogens is 268 g/mol. The number of aromatic nitrogens is 1. The van der Waals surface area contributed by atoms with Crippen molar-refractivity contribution < 1.29 is 9.21 Å². The highest BCUT2D eigenvalue weighted by Crippen LogP contribution is 2.18. The van der Waals surface area contributed by atoms with Crippen LogP contribution in [0.1, 0.15) is 20.3 Å². The summed E-state index contributed by atoms with van der Waals surface area (Å²) in [7, 11) is 0. The highest BCUT2D eigenvalue weighted by molar-refractivity contribution is 6.31. The van der Waals surface area contributed by atoms with Gasteiger partial charge in [-0.2, -0.15) is 0 Å². The Bertz CT molecular complexity index is 659. The molecule has 0 saturated carbocycles. The molecule has 6 heteroatoms. The summed E-state index contributed by atoms with van der Waals surface area (Å²) < 4.78 is 6.35. The first-order valence-electron chi connectivity index (χ1n) is 6.09. The van der Waals surface area contributed by atoms with Crippen LogP contribution in [0.2, 0.25) is 5.02 Å². The van der Waals surface area contributed by atoms with Gasteiger partial charge in [0.15, 0.2) is 5.58 Å². The Labute approximate surface area is 115 Å². The lowest BCUT2D eigenvalue weighted by Crippen LogP contribution is -2.36. The molecule has 1 unspecified atom stereocenters. The molecule has 1 heterocycles. The van der Waals surface area contributed by atoms with E-state index in [0.717, 1.165) is 6.42 Å². The fraction of sp³-hybridized carbons (Fsp3) is 0.385. The molecule has 2 rings (SSSR count). The van der Waals surface area contributed by atoms with Crippen LogP contribution in [0, 0.1) is 0 Å². The van der Waals surface area contributed by atoms with Gasteiger partial charge in [0.05, 0.1) is 5.52 Å². The number of amides is 1. The SMILES string of the molecule is CCC(C)NC(=O)Cn1c(=O)oc2cc(Cl)ccc21. The minimum Gasteiger partial charge on any atom is -0.408 e. The fourth-order valence-corrected chi connectivity index (χ4v) is 1.92. The van der Waals surface area contributed by atoms with E-state index in [0.29, 0.717) is 16.1 Å². The molecule has 0 aliphatic heterocycles. The first-order chi connectivity index (χ1) is 9.01. The minimum atomic E-state index is -0.559. The minimum absolute atomic E-state index is 0.0577. The molecule has 1 aromatic carbocycles. The zero-order valence-corrected chi connectivity index (χ0v) is 11.5. The largest absolute Gasteiger partial charge is 0.420 e. The molecule has 19 heavy (non-hydrogen) atoms. The lowest BCUT2D eigenvalue weighted by molar-refractivity contribution is -0.122. The molecule has 0 spiro atoms. The summed E-state index contributed by atoms with van der Waals surface area (Å²) >= 11 is 5.82. The molecule has 0 fully saturated rings. The van der Waals surface area contributed by atoms with Crippen LogP contribution in [0.15, 0.2) is 27.4 Å². The molecule has 1 N–H and O–H groups in total. The van der Waals surface area contributed by atoms with Gasteiger partial charge in [0.2, 0.25) is 5.91 Å². The maximum absolute atomic E-state index is 11.8. The summed E-state index contributed by atoms with van der Waals surface area (Å²) in [6.45, 7) is 3.83. The van der Waals surface area contributed by atoms with Crippen LogP contribution in [-0.2, 0) is 11.3 Å². The second kappa shape index (κ2) is 5.48. The van der Waals surface area contributed by atoms with Gasteiger partial charge in [0.25, 0.3) is 0 Å². The number of nitrogens with zero attached hydrogens (tertiary/aromatic N) is 1. The zero-order valence-electron chi connectivity index (χ0n) is 10.8. The molecule has 0 aliphatic carbocycles. The normalized spacial score (nSPS) is 12.6. The van der Waals surface area contributed by atoms with Gasteiger partial charge in [-0.15, -0.1) is 0 Å². The Kier molecular flexibility index (Phi) is 3.95. The molecule has 0 aliphatic rings. The summed E-state index contributed by atoms with van der Waals surface area (Å²) in [5, 5.41) is 3.29. The first kappa shape index (κ1) is 13.7. The lowest BCUT2D eigenvalue weighted by atomic mass is 10.2. The van der Waals surface area contributed by atoms with E-state index in [1.165, 1.54) is 4.57 Å². The number of nitrogens with one attached hydrogen (secondary N) is 1. The molecule has 1 aromatic heterocycles. The molecule has 1 amide bonds. The van der Waals surface area contributed by atoms with E-state index in [1.54, 1.807) is 18.2 Å². The zero-order chi connectivity index (χ0) is 14.0. The predicted molar refractivity (Wildman–Crippen MR) is 73.4 cm³/mol. The van der Waals surface area contributed by atoms with Crippen LogP contribution in [-0.4, -0.2) is 16.5 Å². The highest BCUT2D eigenvalue weighted by atomic mass is 35.5. The Morgan fingerprint density at radius 1 is 1.53 bits per heavy atom. The molecule has 2 aromatic rings. The summed E-state index contributed by atoms with van der Waals surface area (Å²) in [5.74, 6) is -0.773. The van der Waals surface area contributed by atoms with Crippen LogP contribution < -0.4 is 11.1 Å². The van der Waals surface area contributed by atoms with Gasteiger partial charge in [0.1, 0.15) is 6.54 Å². The number of carbonyl (C=O) groups is 1. The highest BCUT2D eigenvalue weighted by Gasteiger charge is 2.13. The monoisotopic (exact) mass is 282 g/mol. The van der Waals surface area contributed by atoms with Gasteiger partial charge in [-0.05, 0) is 25.5 Å². The summed E-state index contributed by atoms with van der Waals surface area (Å²) in [6.07, 6.45) is 0.836. The predicted octanol–water partition coefficient (Wildman–Crippen LogP) is 2.16. The van der Waals surface area contributed by atoms with Crippen molar-refractivity contribution in [1.82, 2.24) is 9.88 Å². The Morgan fingerprint density at radius 3 is 2.95 bits per heavy atom. The van der Waals surface area contributed by atoms with Gasteiger partial charge in [-0.25, -0.2) is 4.79 Å². The number of benzene rings is 1. The lowest BCUT2D eigenvalue weighted by Gasteiger charge is -2.11. The van der Waals surface area contributed by atoms with Crippen LogP contribution in [0.3, 0.4) is 0 Å². The number of carbonyl (C=O) groups excluding carboxylic acids is 1. The summed E-state index contributed by atoms with van der Waals surface area (Å²) in [5.41, 5.74) is 0.947. The third kappa shape index (κ3) is 2.98. The van der Waals surface area contributed by atoms with Crippen molar-refractivity contribution in [3.63, 3.8) is 0 Å². The van der Waals surface area contributed by atoms with Crippen LogP contribution in [0.25, 0.3) is 11.1 Å². The van der Waals surface area contributed by atoms with E-state index >= 15 is 0 Å². The van der Waals surface area contributed by atoms with Crippen LogP contribution in [0.5, 0.6) is 0 Å². The maximum atomic E-state index is 11.8. The average molecular weight is 283 g/mol. The topological polar surface area (TPSA) is 64.2 Å². The Balaban J connectivity index is 2.28. The van der Waals surface area contributed by atoms with Crippen molar-refractivity contribution in [3.8, 4) is 0 Å². The smallest absolute Gasteiger partial charge is 0.408 e. The number of fused-ring (bicyclic) bond motifs is 1. The summed E-state index contributed by atoms with van der Waals surface area (Å²) in [6, 6.07) is 4.96. The van der Waals surface area contributed by atoms with Gasteiger partial charge in [-0.1, -0.05) is 18.5 Å². The number of hydrogen-bond donors (Lipinski definition) is 1. The van der Waals surface area contributed by atoms with E-state index in [-0.39, 0.29) is 18.5 Å². The third-order valence-corrected chi connectivity index (χ3v) is 3.19. The Hall–Kier alpha value is -1.75. The van der Waals surface area contributed by atoms with Crippen LogP contribution in [0.4, 0.5) is 0 Å². The van der Waals surface area contributed by atoms with Crippen molar-refractivity contribution in [2.75, 3.05) is 0 Å². The van der Waals surface area contributed by atoms with E-state index in [1.807, 2.05) is 13.8 Å².